The third-order valence-corrected chi connectivity index (χ3v) is 7.52. The minimum absolute atomic E-state index is 0.254. The lowest BCUT2D eigenvalue weighted by atomic mass is 10.1. The van der Waals surface area contributed by atoms with Gasteiger partial charge in [0.15, 0.2) is 0 Å². The van der Waals surface area contributed by atoms with Crippen molar-refractivity contribution >= 4 is 97.2 Å². The zero-order chi connectivity index (χ0) is 38.6. The van der Waals surface area contributed by atoms with Crippen molar-refractivity contribution in [3.05, 3.63) is 0 Å². The molecule has 0 saturated heterocycles. The van der Waals surface area contributed by atoms with E-state index in [-0.39, 0.29) is 17.9 Å². The molecular formula is C26H41N7O14S3. The van der Waals surface area contributed by atoms with Crippen LogP contribution in [0.1, 0.15) is 38.5 Å². The van der Waals surface area contributed by atoms with Gasteiger partial charge in [-0.25, -0.2) is 0 Å². The molecule has 0 bridgehead atoms. The Kier molecular flexibility index (Phi) is 21.9. The van der Waals surface area contributed by atoms with Crippen molar-refractivity contribution in [2.75, 3.05) is 23.8 Å². The first-order valence-electron chi connectivity index (χ1n) is 14.6. The predicted octanol–water partition coefficient (Wildman–Crippen LogP) is -4.68. The molecule has 0 rings (SSSR count). The molecule has 0 spiro atoms. The van der Waals surface area contributed by atoms with Crippen LogP contribution in [0.2, 0.25) is 0 Å². The predicted molar refractivity (Wildman–Crippen MR) is 180 cm³/mol. The van der Waals surface area contributed by atoms with Crippen molar-refractivity contribution in [3.8, 4) is 0 Å². The smallest absolute Gasteiger partial charge is 0.322 e. The third kappa shape index (κ3) is 18.5. The highest BCUT2D eigenvalue weighted by Crippen LogP contribution is 2.05. The number of nitrogens with one attached hydrogen (secondary N) is 6. The number of amides is 6. The lowest BCUT2D eigenvalue weighted by Crippen LogP contribution is -2.60. The maximum absolute atomic E-state index is 13.2. The second-order valence-electron chi connectivity index (χ2n) is 10.4. The fourth-order valence-electron chi connectivity index (χ4n) is 3.72. The van der Waals surface area contributed by atoms with E-state index in [0.717, 1.165) is 0 Å². The van der Waals surface area contributed by atoms with Crippen molar-refractivity contribution < 1.29 is 68.4 Å². The number of carboxylic acids is 4. The van der Waals surface area contributed by atoms with Gasteiger partial charge in [-0.1, -0.05) is 0 Å². The van der Waals surface area contributed by atoms with E-state index in [9.17, 15) is 47.9 Å². The Hall–Kier alpha value is -4.29. The summed E-state index contributed by atoms with van der Waals surface area (Å²) in [4.78, 5) is 121. The van der Waals surface area contributed by atoms with E-state index in [1.165, 1.54) is 0 Å². The number of carboxylic acid groups (broad SMARTS) is 4. The van der Waals surface area contributed by atoms with E-state index in [1.807, 2.05) is 5.32 Å². The minimum atomic E-state index is -1.61. The second-order valence-corrected chi connectivity index (χ2v) is 11.5. The quantitative estimate of drug-likeness (QED) is 0.0388. The van der Waals surface area contributed by atoms with E-state index in [1.54, 1.807) is 0 Å². The van der Waals surface area contributed by atoms with Gasteiger partial charge in [0, 0.05) is 36.5 Å². The molecule has 0 aromatic rings. The van der Waals surface area contributed by atoms with Crippen LogP contribution >= 0.6 is 37.9 Å². The Bertz CT molecular complexity index is 1270. The van der Waals surface area contributed by atoms with E-state index >= 15 is 0 Å². The summed E-state index contributed by atoms with van der Waals surface area (Å²) in [5.41, 5.74) is 5.65. The van der Waals surface area contributed by atoms with Crippen molar-refractivity contribution in [2.45, 2.75) is 74.8 Å². The van der Waals surface area contributed by atoms with Crippen LogP contribution in [0.3, 0.4) is 0 Å². The first kappa shape index (κ1) is 45.7. The first-order valence-corrected chi connectivity index (χ1v) is 16.5. The van der Waals surface area contributed by atoms with Gasteiger partial charge in [-0.3, -0.25) is 47.9 Å². The van der Waals surface area contributed by atoms with Crippen LogP contribution in [0.15, 0.2) is 0 Å². The van der Waals surface area contributed by atoms with Gasteiger partial charge >= 0.3 is 23.9 Å². The van der Waals surface area contributed by atoms with Gasteiger partial charge < -0.3 is 58.1 Å². The van der Waals surface area contributed by atoms with Crippen molar-refractivity contribution in [1.29, 1.82) is 0 Å². The number of nitrogens with two attached hydrogens (primary N) is 1. The van der Waals surface area contributed by atoms with E-state index in [4.69, 9.17) is 26.2 Å². The lowest BCUT2D eigenvalue weighted by molar-refractivity contribution is -0.139. The number of aliphatic carboxylic acids is 4. The molecule has 0 aliphatic heterocycles. The van der Waals surface area contributed by atoms with Crippen LogP contribution in [0, 0.1) is 0 Å². The third-order valence-electron chi connectivity index (χ3n) is 6.43. The van der Waals surface area contributed by atoms with Crippen LogP contribution in [0.25, 0.3) is 0 Å². The summed E-state index contributed by atoms with van der Waals surface area (Å²) in [6, 6.07) is -8.87. The summed E-state index contributed by atoms with van der Waals surface area (Å²) in [5.74, 6) is -12.4. The second kappa shape index (κ2) is 24.0. The largest absolute Gasteiger partial charge is 0.481 e. The zero-order valence-corrected chi connectivity index (χ0v) is 29.0. The molecule has 0 aromatic heterocycles. The number of carbonyl (C=O) groups is 10. The minimum Gasteiger partial charge on any atom is -0.481 e. The van der Waals surface area contributed by atoms with Crippen LogP contribution in [-0.2, 0) is 47.9 Å². The van der Waals surface area contributed by atoms with Gasteiger partial charge in [0.2, 0.25) is 35.4 Å². The number of rotatable bonds is 25. The lowest BCUT2D eigenvalue weighted by Gasteiger charge is -2.26. The van der Waals surface area contributed by atoms with E-state index < -0.39 is 140 Å². The van der Waals surface area contributed by atoms with Crippen molar-refractivity contribution in [2.24, 2.45) is 5.73 Å². The SMILES string of the molecule is N[C@@H](CCC(=O)O)C(=O)N[C@@H](CS)C(=O)N[C@@H](CCC(=O)O)C(=O)N[C@@H](CS)C(=O)N[C@@H](CCC(=O)O)C(=O)N[C@@H](CS)C(=O)NCC(=O)O. The van der Waals surface area contributed by atoms with E-state index in [2.05, 4.69) is 64.5 Å². The number of carbonyl (C=O) groups excluding carboxylic acids is 6. The van der Waals surface area contributed by atoms with Crippen LogP contribution in [-0.4, -0.2) is 140 Å². The molecule has 0 aliphatic carbocycles. The highest BCUT2D eigenvalue weighted by atomic mass is 32.1. The molecule has 0 saturated carbocycles. The average Bonchev–Trinajstić information content (AvgIpc) is 3.05. The molecule has 6 atom stereocenters. The van der Waals surface area contributed by atoms with Crippen LogP contribution < -0.4 is 37.6 Å². The molecule has 0 unspecified atom stereocenters. The monoisotopic (exact) mass is 771 g/mol. The molecule has 0 radical (unpaired) electrons. The fourth-order valence-corrected chi connectivity index (χ4v) is 4.49. The summed E-state index contributed by atoms with van der Waals surface area (Å²) in [7, 11) is 0. The maximum atomic E-state index is 13.2. The molecule has 50 heavy (non-hydrogen) atoms. The molecular weight excluding hydrogens is 731 g/mol. The number of hydrogen-bond donors (Lipinski definition) is 14. The summed E-state index contributed by atoms with van der Waals surface area (Å²) in [6.07, 6.45) is -2.96. The standard InChI is InChI=1S/C26H41N7O14S3/c27-11(1-4-17(34)35)21(42)31-15(9-49)25(46)29-13(3-6-19(38)39)24(45)33-16(10-50)26(47)30-12(2-5-18(36)37)23(44)32-14(8-48)22(43)28-7-20(40)41/h11-16,48-50H,1-10,27H2,(H,28,43)(H,29,46)(H,30,47)(H,31,42)(H,32,44)(H,33,45)(H,34,35)(H,36,37)(H,38,39)(H,40,41)/t11-,12-,13-,14-,15-,16-/m0/s1. The molecule has 21 nitrogen and oxygen atoms in total. The molecule has 0 aromatic carbocycles. The fraction of sp³-hybridized carbons (Fsp3) is 0.615. The van der Waals surface area contributed by atoms with Gasteiger partial charge in [0.1, 0.15) is 36.8 Å². The molecule has 24 heteroatoms. The highest BCUT2D eigenvalue weighted by Gasteiger charge is 2.32. The van der Waals surface area contributed by atoms with Crippen molar-refractivity contribution in [3.63, 3.8) is 0 Å². The van der Waals surface area contributed by atoms with Gasteiger partial charge in [-0.2, -0.15) is 37.9 Å². The Morgan fingerprint density at radius 3 is 1.08 bits per heavy atom. The van der Waals surface area contributed by atoms with Crippen LogP contribution in [0.4, 0.5) is 0 Å². The Morgan fingerprint density at radius 1 is 0.440 bits per heavy atom. The van der Waals surface area contributed by atoms with Gasteiger partial charge in [0.25, 0.3) is 0 Å². The average molecular weight is 772 g/mol. The molecule has 12 N–H and O–H groups in total. The van der Waals surface area contributed by atoms with Gasteiger partial charge in [-0.05, 0) is 19.3 Å². The summed E-state index contributed by atoms with van der Waals surface area (Å²) in [5, 5.41) is 49.0. The molecule has 282 valence electrons. The normalized spacial score (nSPS) is 14.2. The summed E-state index contributed by atoms with van der Waals surface area (Å²) in [6.45, 7) is -0.776. The van der Waals surface area contributed by atoms with Crippen molar-refractivity contribution in [1.82, 2.24) is 31.9 Å². The highest BCUT2D eigenvalue weighted by molar-refractivity contribution is 7.80. The zero-order valence-electron chi connectivity index (χ0n) is 26.3. The Labute approximate surface area is 301 Å². The molecule has 0 fully saturated rings. The Balaban J connectivity index is 5.85. The number of thiol groups is 3. The van der Waals surface area contributed by atoms with Gasteiger partial charge in [0.05, 0.1) is 6.04 Å². The Morgan fingerprint density at radius 2 is 0.740 bits per heavy atom. The van der Waals surface area contributed by atoms with E-state index in [0.29, 0.717) is 0 Å². The summed E-state index contributed by atoms with van der Waals surface area (Å²) < 4.78 is 0. The topological polar surface area (TPSA) is 350 Å². The molecule has 0 heterocycles. The maximum Gasteiger partial charge on any atom is 0.322 e. The van der Waals surface area contributed by atoms with Gasteiger partial charge in [-0.15, -0.1) is 0 Å². The summed E-state index contributed by atoms with van der Waals surface area (Å²) >= 11 is 11.9. The molecule has 0 aliphatic rings. The molecule has 6 amide bonds. The first-order chi connectivity index (χ1) is 23.4. The number of hydrogen-bond acceptors (Lipinski definition) is 14. The van der Waals surface area contributed by atoms with Crippen LogP contribution in [0.5, 0.6) is 0 Å².